The van der Waals surface area contributed by atoms with E-state index in [-0.39, 0.29) is 12.5 Å². The summed E-state index contributed by atoms with van der Waals surface area (Å²) < 4.78 is 0. The lowest BCUT2D eigenvalue weighted by atomic mass is 9.97. The van der Waals surface area contributed by atoms with Crippen LogP contribution in [-0.4, -0.2) is 43.2 Å². The van der Waals surface area contributed by atoms with Crippen molar-refractivity contribution in [3.8, 4) is 0 Å². The molecule has 21 heavy (non-hydrogen) atoms. The van der Waals surface area contributed by atoms with Gasteiger partial charge in [-0.15, -0.1) is 0 Å². The summed E-state index contributed by atoms with van der Waals surface area (Å²) in [5.74, 6) is 0.843. The van der Waals surface area contributed by atoms with Gasteiger partial charge in [0.1, 0.15) is 0 Å². The number of amides is 1. The number of carbonyl (C=O) groups excluding carboxylic acids is 1. The highest BCUT2D eigenvalue weighted by Crippen LogP contribution is 2.32. The van der Waals surface area contributed by atoms with Crippen LogP contribution >= 0.6 is 0 Å². The molecule has 0 aromatic heterocycles. The first kappa shape index (κ1) is 15.6. The normalized spacial score (nSPS) is 21.3. The summed E-state index contributed by atoms with van der Waals surface area (Å²) in [6.45, 7) is 1.08. The van der Waals surface area contributed by atoms with Gasteiger partial charge in [0, 0.05) is 32.8 Å². The van der Waals surface area contributed by atoms with E-state index in [1.54, 1.807) is 26.2 Å². The quantitative estimate of drug-likeness (QED) is 0.723. The summed E-state index contributed by atoms with van der Waals surface area (Å²) in [6, 6.07) is 5.36. The first-order chi connectivity index (χ1) is 10.0. The molecular weight excluding hydrogens is 266 g/mol. The van der Waals surface area contributed by atoms with Crippen LogP contribution in [0.5, 0.6) is 0 Å². The monoisotopic (exact) mass is 291 g/mol. The van der Waals surface area contributed by atoms with Crippen molar-refractivity contribution in [2.24, 2.45) is 11.8 Å². The molecule has 1 amide bonds. The fourth-order valence-corrected chi connectivity index (χ4v) is 2.98. The third kappa shape index (κ3) is 3.67. The molecule has 1 aliphatic carbocycles. The zero-order valence-electron chi connectivity index (χ0n) is 12.8. The average Bonchev–Trinajstić information content (AvgIpc) is 2.92. The van der Waals surface area contributed by atoms with Crippen LogP contribution in [0.3, 0.4) is 0 Å². The molecule has 5 nitrogen and oxygen atoms in total. The van der Waals surface area contributed by atoms with Crippen molar-refractivity contribution in [1.82, 2.24) is 4.90 Å². The number of nitrogen functional groups attached to an aromatic ring is 1. The van der Waals surface area contributed by atoms with Crippen LogP contribution in [0.1, 0.15) is 29.6 Å². The van der Waals surface area contributed by atoms with Crippen LogP contribution in [0.2, 0.25) is 0 Å². The smallest absolute Gasteiger partial charge is 0.253 e. The van der Waals surface area contributed by atoms with Gasteiger partial charge in [0.2, 0.25) is 0 Å². The molecule has 2 unspecified atom stereocenters. The van der Waals surface area contributed by atoms with Gasteiger partial charge >= 0.3 is 0 Å². The maximum Gasteiger partial charge on any atom is 0.253 e. The van der Waals surface area contributed by atoms with Gasteiger partial charge in [0.25, 0.3) is 5.91 Å². The maximum absolute atomic E-state index is 11.9. The summed E-state index contributed by atoms with van der Waals surface area (Å²) >= 11 is 0. The van der Waals surface area contributed by atoms with E-state index in [0.29, 0.717) is 23.1 Å². The zero-order valence-corrected chi connectivity index (χ0v) is 12.8. The van der Waals surface area contributed by atoms with Crippen molar-refractivity contribution in [3.05, 3.63) is 23.8 Å². The SMILES string of the molecule is CN(C)C(=O)c1ccc(NCC2CCCC2CO)c(N)c1. The van der Waals surface area contributed by atoms with Crippen molar-refractivity contribution in [2.75, 3.05) is 38.3 Å². The summed E-state index contributed by atoms with van der Waals surface area (Å²) in [7, 11) is 3.44. The first-order valence-corrected chi connectivity index (χ1v) is 7.48. The molecular formula is C16H25N3O2. The number of rotatable bonds is 5. The van der Waals surface area contributed by atoms with Gasteiger partial charge in [-0.25, -0.2) is 0 Å². The number of nitrogens with two attached hydrogens (primary N) is 1. The Morgan fingerprint density at radius 3 is 2.71 bits per heavy atom. The van der Waals surface area contributed by atoms with E-state index in [1.807, 2.05) is 6.07 Å². The summed E-state index contributed by atoms with van der Waals surface area (Å²) in [4.78, 5) is 13.4. The Balaban J connectivity index is 1.99. The molecule has 1 aliphatic rings. The molecule has 5 heteroatoms. The molecule has 0 heterocycles. The molecule has 0 radical (unpaired) electrons. The molecule has 1 aromatic carbocycles. The van der Waals surface area contributed by atoms with E-state index >= 15 is 0 Å². The van der Waals surface area contributed by atoms with Crippen LogP contribution in [0.15, 0.2) is 18.2 Å². The van der Waals surface area contributed by atoms with Gasteiger partial charge in [0.15, 0.2) is 0 Å². The fourth-order valence-electron chi connectivity index (χ4n) is 2.98. The summed E-state index contributed by atoms with van der Waals surface area (Å²) in [6.07, 6.45) is 3.44. The Labute approximate surface area is 126 Å². The topological polar surface area (TPSA) is 78.6 Å². The van der Waals surface area contributed by atoms with E-state index in [1.165, 1.54) is 11.3 Å². The molecule has 0 aliphatic heterocycles. The number of nitrogens with one attached hydrogen (secondary N) is 1. The molecule has 2 rings (SSSR count). The van der Waals surface area contributed by atoms with Crippen LogP contribution in [0, 0.1) is 11.8 Å². The van der Waals surface area contributed by atoms with Crippen LogP contribution in [0.25, 0.3) is 0 Å². The van der Waals surface area contributed by atoms with Gasteiger partial charge in [-0.2, -0.15) is 0 Å². The minimum atomic E-state index is -0.0515. The Hall–Kier alpha value is -1.75. The molecule has 116 valence electrons. The lowest BCUT2D eigenvalue weighted by Gasteiger charge is -2.19. The molecule has 1 fully saturated rings. The van der Waals surface area contributed by atoms with E-state index < -0.39 is 0 Å². The van der Waals surface area contributed by atoms with Gasteiger partial charge in [-0.3, -0.25) is 4.79 Å². The second-order valence-corrected chi connectivity index (χ2v) is 6.02. The number of benzene rings is 1. The Bertz CT molecular complexity index is 502. The lowest BCUT2D eigenvalue weighted by Crippen LogP contribution is -2.22. The van der Waals surface area contributed by atoms with Crippen LogP contribution in [-0.2, 0) is 0 Å². The molecule has 1 saturated carbocycles. The van der Waals surface area contributed by atoms with Gasteiger partial charge in [-0.05, 0) is 42.9 Å². The average molecular weight is 291 g/mol. The number of aliphatic hydroxyl groups excluding tert-OH is 1. The highest BCUT2D eigenvalue weighted by atomic mass is 16.3. The van der Waals surface area contributed by atoms with Crippen molar-refractivity contribution in [3.63, 3.8) is 0 Å². The van der Waals surface area contributed by atoms with E-state index in [4.69, 9.17) is 5.73 Å². The highest BCUT2D eigenvalue weighted by molar-refractivity contribution is 5.95. The minimum Gasteiger partial charge on any atom is -0.397 e. The van der Waals surface area contributed by atoms with Crippen molar-refractivity contribution >= 4 is 17.3 Å². The van der Waals surface area contributed by atoms with E-state index in [9.17, 15) is 9.90 Å². The lowest BCUT2D eigenvalue weighted by molar-refractivity contribution is 0.0827. The van der Waals surface area contributed by atoms with Gasteiger partial charge < -0.3 is 21.1 Å². The second-order valence-electron chi connectivity index (χ2n) is 6.02. The predicted octanol–water partition coefficient (Wildman–Crippen LogP) is 1.79. The molecule has 0 saturated heterocycles. The standard InChI is InChI=1S/C16H25N3O2/c1-19(2)16(21)11-6-7-15(14(17)8-11)18-9-12-4-3-5-13(12)10-20/h6-8,12-13,18,20H,3-5,9-10,17H2,1-2H3. The molecule has 2 atom stereocenters. The number of anilines is 2. The maximum atomic E-state index is 11.9. The molecule has 0 bridgehead atoms. The van der Waals surface area contributed by atoms with Crippen LogP contribution < -0.4 is 11.1 Å². The first-order valence-electron chi connectivity index (χ1n) is 7.48. The molecule has 0 spiro atoms. The Morgan fingerprint density at radius 1 is 1.38 bits per heavy atom. The summed E-state index contributed by atoms with van der Waals surface area (Å²) in [5.41, 5.74) is 8.06. The predicted molar refractivity (Wildman–Crippen MR) is 85.3 cm³/mol. The Kier molecular flexibility index (Phi) is 5.07. The molecule has 4 N–H and O–H groups in total. The summed E-state index contributed by atoms with van der Waals surface area (Å²) in [5, 5.41) is 12.7. The minimum absolute atomic E-state index is 0.0515. The number of aliphatic hydroxyl groups is 1. The third-order valence-corrected chi connectivity index (χ3v) is 4.31. The van der Waals surface area contributed by atoms with Crippen molar-refractivity contribution < 1.29 is 9.90 Å². The van der Waals surface area contributed by atoms with Gasteiger partial charge in [-0.1, -0.05) is 6.42 Å². The second kappa shape index (κ2) is 6.80. The Morgan fingerprint density at radius 2 is 2.10 bits per heavy atom. The largest absolute Gasteiger partial charge is 0.397 e. The third-order valence-electron chi connectivity index (χ3n) is 4.31. The number of hydrogen-bond donors (Lipinski definition) is 3. The fraction of sp³-hybridized carbons (Fsp3) is 0.562. The van der Waals surface area contributed by atoms with Crippen molar-refractivity contribution in [2.45, 2.75) is 19.3 Å². The van der Waals surface area contributed by atoms with E-state index in [0.717, 1.165) is 25.1 Å². The number of nitrogens with zero attached hydrogens (tertiary/aromatic N) is 1. The number of carbonyl (C=O) groups is 1. The van der Waals surface area contributed by atoms with Crippen LogP contribution in [0.4, 0.5) is 11.4 Å². The molecule has 1 aromatic rings. The van der Waals surface area contributed by atoms with Crippen molar-refractivity contribution in [1.29, 1.82) is 0 Å². The van der Waals surface area contributed by atoms with Gasteiger partial charge in [0.05, 0.1) is 11.4 Å². The number of hydrogen-bond acceptors (Lipinski definition) is 4. The van der Waals surface area contributed by atoms with E-state index in [2.05, 4.69) is 5.32 Å². The highest BCUT2D eigenvalue weighted by Gasteiger charge is 2.26. The zero-order chi connectivity index (χ0) is 15.4.